The Morgan fingerprint density at radius 2 is 2.13 bits per heavy atom. The van der Waals surface area contributed by atoms with Gasteiger partial charge in [0.25, 0.3) is 5.91 Å². The van der Waals surface area contributed by atoms with Crippen LogP contribution in [0, 0.1) is 0 Å². The standard InChI is InChI=1S/C10H10ClNO3/c1-12-10(13)6-4-7(11)9-8(5-6)14-2-3-15-9/h4-5H,2-3H2,1H3,(H,12,13). The molecule has 1 N–H and O–H groups in total. The first-order valence-corrected chi connectivity index (χ1v) is 4.91. The van der Waals surface area contributed by atoms with Crippen molar-refractivity contribution in [3.63, 3.8) is 0 Å². The molecule has 0 fully saturated rings. The second-order valence-corrected chi connectivity index (χ2v) is 3.47. The molecule has 0 saturated carbocycles. The SMILES string of the molecule is CNC(=O)c1cc(Cl)c2c(c1)OCCO2. The fraction of sp³-hybridized carbons (Fsp3) is 0.300. The van der Waals surface area contributed by atoms with Gasteiger partial charge in [0.05, 0.1) is 5.02 Å². The molecule has 1 aromatic carbocycles. The summed E-state index contributed by atoms with van der Waals surface area (Å²) in [6.45, 7) is 0.951. The Balaban J connectivity index is 2.45. The molecule has 1 amide bonds. The molecule has 0 bridgehead atoms. The highest BCUT2D eigenvalue weighted by Crippen LogP contribution is 2.38. The summed E-state index contributed by atoms with van der Waals surface area (Å²) in [7, 11) is 1.56. The van der Waals surface area contributed by atoms with Crippen LogP contribution in [0.2, 0.25) is 5.02 Å². The molecule has 0 unspecified atom stereocenters. The maximum absolute atomic E-state index is 11.4. The van der Waals surface area contributed by atoms with Crippen molar-refractivity contribution in [2.45, 2.75) is 0 Å². The van der Waals surface area contributed by atoms with E-state index in [2.05, 4.69) is 5.32 Å². The minimum atomic E-state index is -0.200. The maximum atomic E-state index is 11.4. The number of ether oxygens (including phenoxy) is 2. The van der Waals surface area contributed by atoms with E-state index < -0.39 is 0 Å². The molecule has 0 atom stereocenters. The largest absolute Gasteiger partial charge is 0.486 e. The first-order chi connectivity index (χ1) is 7.22. The molecule has 1 aliphatic rings. The lowest BCUT2D eigenvalue weighted by Crippen LogP contribution is -2.20. The molecule has 1 heterocycles. The van der Waals surface area contributed by atoms with Gasteiger partial charge >= 0.3 is 0 Å². The van der Waals surface area contributed by atoms with Gasteiger partial charge in [0.2, 0.25) is 0 Å². The van der Waals surface area contributed by atoms with Gasteiger partial charge in [0.1, 0.15) is 13.2 Å². The van der Waals surface area contributed by atoms with Crippen LogP contribution in [-0.2, 0) is 0 Å². The van der Waals surface area contributed by atoms with Gasteiger partial charge in [-0.3, -0.25) is 4.79 Å². The van der Waals surface area contributed by atoms with Crippen molar-refractivity contribution in [2.24, 2.45) is 0 Å². The van der Waals surface area contributed by atoms with Crippen LogP contribution in [0.4, 0.5) is 0 Å². The number of amides is 1. The van der Waals surface area contributed by atoms with Gasteiger partial charge in [-0.15, -0.1) is 0 Å². The van der Waals surface area contributed by atoms with Gasteiger partial charge in [-0.05, 0) is 12.1 Å². The Morgan fingerprint density at radius 1 is 1.40 bits per heavy atom. The van der Waals surface area contributed by atoms with Crippen LogP contribution in [-0.4, -0.2) is 26.2 Å². The van der Waals surface area contributed by atoms with Gasteiger partial charge in [-0.1, -0.05) is 11.6 Å². The summed E-state index contributed by atoms with van der Waals surface area (Å²) < 4.78 is 10.7. The van der Waals surface area contributed by atoms with Crippen molar-refractivity contribution in [3.05, 3.63) is 22.7 Å². The Hall–Kier alpha value is -1.42. The number of carbonyl (C=O) groups is 1. The minimum absolute atomic E-state index is 0.200. The average molecular weight is 228 g/mol. The van der Waals surface area contributed by atoms with Gasteiger partial charge in [-0.25, -0.2) is 0 Å². The van der Waals surface area contributed by atoms with Gasteiger partial charge in [0.15, 0.2) is 11.5 Å². The maximum Gasteiger partial charge on any atom is 0.251 e. The zero-order valence-corrected chi connectivity index (χ0v) is 8.93. The number of carbonyl (C=O) groups excluding carboxylic acids is 1. The average Bonchev–Trinajstić information content (AvgIpc) is 2.28. The van der Waals surface area contributed by atoms with Crippen LogP contribution in [0.15, 0.2) is 12.1 Å². The van der Waals surface area contributed by atoms with Crippen molar-refractivity contribution in [1.29, 1.82) is 0 Å². The molecular weight excluding hydrogens is 218 g/mol. The van der Waals surface area contributed by atoms with E-state index in [0.29, 0.717) is 35.3 Å². The van der Waals surface area contributed by atoms with Crippen LogP contribution in [0.1, 0.15) is 10.4 Å². The molecular formula is C10H10ClNO3. The monoisotopic (exact) mass is 227 g/mol. The summed E-state index contributed by atoms with van der Waals surface area (Å²) in [6, 6.07) is 3.19. The molecule has 0 aliphatic carbocycles. The normalized spacial score (nSPS) is 13.5. The Morgan fingerprint density at radius 3 is 2.87 bits per heavy atom. The van der Waals surface area contributed by atoms with Crippen LogP contribution in [0.25, 0.3) is 0 Å². The summed E-state index contributed by atoms with van der Waals surface area (Å²) >= 11 is 5.96. The number of hydrogen-bond acceptors (Lipinski definition) is 3. The molecule has 0 spiro atoms. The molecule has 80 valence electrons. The molecule has 5 heteroatoms. The highest BCUT2D eigenvalue weighted by Gasteiger charge is 2.18. The van der Waals surface area contributed by atoms with E-state index in [1.165, 1.54) is 0 Å². The Labute approximate surface area is 92.1 Å². The van der Waals surface area contributed by atoms with Crippen LogP contribution < -0.4 is 14.8 Å². The van der Waals surface area contributed by atoms with Crippen molar-refractivity contribution in [1.82, 2.24) is 5.32 Å². The lowest BCUT2D eigenvalue weighted by atomic mass is 10.2. The van der Waals surface area contributed by atoms with Gasteiger partial charge in [-0.2, -0.15) is 0 Å². The molecule has 1 aliphatic heterocycles. The molecule has 2 rings (SSSR count). The summed E-state index contributed by atoms with van der Waals surface area (Å²) in [4.78, 5) is 11.4. The molecule has 4 nitrogen and oxygen atoms in total. The second-order valence-electron chi connectivity index (χ2n) is 3.06. The number of benzene rings is 1. The van der Waals surface area contributed by atoms with Crippen LogP contribution in [0.5, 0.6) is 11.5 Å². The highest BCUT2D eigenvalue weighted by molar-refractivity contribution is 6.32. The first kappa shape index (κ1) is 10.1. The highest BCUT2D eigenvalue weighted by atomic mass is 35.5. The first-order valence-electron chi connectivity index (χ1n) is 4.53. The number of hydrogen-bond donors (Lipinski definition) is 1. The number of fused-ring (bicyclic) bond motifs is 1. The number of rotatable bonds is 1. The minimum Gasteiger partial charge on any atom is -0.486 e. The quantitative estimate of drug-likeness (QED) is 0.791. The fourth-order valence-corrected chi connectivity index (χ4v) is 1.65. The third kappa shape index (κ3) is 1.85. The summed E-state index contributed by atoms with van der Waals surface area (Å²) in [5.74, 6) is 0.830. The summed E-state index contributed by atoms with van der Waals surface area (Å²) in [5, 5.41) is 2.92. The second kappa shape index (κ2) is 3.98. The van der Waals surface area contributed by atoms with Gasteiger partial charge in [0, 0.05) is 12.6 Å². The molecule has 0 aromatic heterocycles. The fourth-order valence-electron chi connectivity index (χ4n) is 1.39. The Kier molecular flexibility index (Phi) is 2.68. The lowest BCUT2D eigenvalue weighted by molar-refractivity contribution is 0.0962. The summed E-state index contributed by atoms with van der Waals surface area (Å²) in [6.07, 6.45) is 0. The smallest absolute Gasteiger partial charge is 0.251 e. The van der Waals surface area contributed by atoms with E-state index in [9.17, 15) is 4.79 Å². The molecule has 1 aromatic rings. The number of nitrogens with one attached hydrogen (secondary N) is 1. The van der Waals surface area contributed by atoms with Crippen molar-refractivity contribution in [2.75, 3.05) is 20.3 Å². The third-order valence-corrected chi connectivity index (χ3v) is 2.37. The molecule has 0 radical (unpaired) electrons. The van der Waals surface area contributed by atoms with E-state index >= 15 is 0 Å². The van der Waals surface area contributed by atoms with E-state index in [4.69, 9.17) is 21.1 Å². The zero-order valence-electron chi connectivity index (χ0n) is 8.17. The van der Waals surface area contributed by atoms with Gasteiger partial charge < -0.3 is 14.8 Å². The topological polar surface area (TPSA) is 47.6 Å². The van der Waals surface area contributed by atoms with Crippen molar-refractivity contribution < 1.29 is 14.3 Å². The predicted molar refractivity (Wildman–Crippen MR) is 55.8 cm³/mol. The van der Waals surface area contributed by atoms with Crippen molar-refractivity contribution in [3.8, 4) is 11.5 Å². The molecule has 0 saturated heterocycles. The van der Waals surface area contributed by atoms with E-state index in [-0.39, 0.29) is 5.91 Å². The molecule has 15 heavy (non-hydrogen) atoms. The third-order valence-electron chi connectivity index (χ3n) is 2.09. The van der Waals surface area contributed by atoms with Crippen LogP contribution in [0.3, 0.4) is 0 Å². The van der Waals surface area contributed by atoms with Crippen molar-refractivity contribution >= 4 is 17.5 Å². The Bertz CT molecular complexity index is 406. The van der Waals surface area contributed by atoms with Crippen LogP contribution >= 0.6 is 11.6 Å². The van der Waals surface area contributed by atoms with E-state index in [0.717, 1.165) is 0 Å². The van der Waals surface area contributed by atoms with E-state index in [1.54, 1.807) is 19.2 Å². The predicted octanol–water partition coefficient (Wildman–Crippen LogP) is 1.47. The van der Waals surface area contributed by atoms with E-state index in [1.807, 2.05) is 0 Å². The number of halogens is 1. The lowest BCUT2D eigenvalue weighted by Gasteiger charge is -2.19. The zero-order chi connectivity index (χ0) is 10.8. The summed E-state index contributed by atoms with van der Waals surface area (Å²) in [5.41, 5.74) is 0.465.